The molecule has 1 N–H and O–H groups in total. The molecular weight excluding hydrogens is 112 g/mol. The second-order valence-electron chi connectivity index (χ2n) is 1.86. The summed E-state index contributed by atoms with van der Waals surface area (Å²) in [5.74, 6) is -1.39. The molecule has 0 aliphatic rings. The summed E-state index contributed by atoms with van der Waals surface area (Å²) >= 11 is 0. The molecule has 0 amide bonds. The van der Waals surface area contributed by atoms with E-state index in [1.807, 2.05) is 0 Å². The van der Waals surface area contributed by atoms with Gasteiger partial charge in [-0.15, -0.1) is 0 Å². The summed E-state index contributed by atoms with van der Waals surface area (Å²) in [6.07, 6.45) is 0.0162. The molecule has 3 heteroatoms. The van der Waals surface area contributed by atoms with Gasteiger partial charge in [-0.05, 0) is 13.3 Å². The van der Waals surface area contributed by atoms with Gasteiger partial charge in [0.1, 0.15) is 0 Å². The van der Waals surface area contributed by atoms with Gasteiger partial charge in [-0.25, -0.2) is 4.39 Å². The smallest absolute Gasteiger partial charge is 0.219 e. The summed E-state index contributed by atoms with van der Waals surface area (Å²) in [6.45, 7) is 2.55. The van der Waals surface area contributed by atoms with E-state index in [4.69, 9.17) is 5.41 Å². The second kappa shape index (κ2) is 2.20. The van der Waals surface area contributed by atoms with Gasteiger partial charge in [0.2, 0.25) is 5.97 Å². The van der Waals surface area contributed by atoms with Gasteiger partial charge in [-0.2, -0.15) is 4.39 Å². The van der Waals surface area contributed by atoms with Gasteiger partial charge in [0.15, 0.2) is 5.67 Å². The molecule has 0 rings (SSSR count). The van der Waals surface area contributed by atoms with Crippen LogP contribution in [0.3, 0.4) is 0 Å². The van der Waals surface area contributed by atoms with Crippen LogP contribution in [0.2, 0.25) is 0 Å². The highest BCUT2D eigenvalue weighted by molar-refractivity contribution is 5.80. The SMILES string of the molecule is CC[C@](C)(F)C(=N)F. The molecule has 0 aromatic rings. The van der Waals surface area contributed by atoms with Crippen LogP contribution in [0.4, 0.5) is 8.78 Å². The molecular formula is C5H9F2N. The van der Waals surface area contributed by atoms with E-state index in [2.05, 4.69) is 0 Å². The molecule has 0 bridgehead atoms. The molecule has 0 unspecified atom stereocenters. The molecule has 0 radical (unpaired) electrons. The fourth-order valence-electron chi connectivity index (χ4n) is 0.155. The van der Waals surface area contributed by atoms with Crippen molar-refractivity contribution in [1.29, 1.82) is 5.41 Å². The first-order valence-corrected chi connectivity index (χ1v) is 2.44. The average Bonchev–Trinajstić information content (AvgIpc) is 1.67. The highest BCUT2D eigenvalue weighted by Gasteiger charge is 2.26. The van der Waals surface area contributed by atoms with Crippen LogP contribution in [0.25, 0.3) is 0 Å². The predicted molar refractivity (Wildman–Crippen MR) is 28.6 cm³/mol. The van der Waals surface area contributed by atoms with Gasteiger partial charge in [0.25, 0.3) is 0 Å². The second-order valence-corrected chi connectivity index (χ2v) is 1.86. The topological polar surface area (TPSA) is 23.9 Å². The molecule has 0 heterocycles. The van der Waals surface area contributed by atoms with Crippen LogP contribution in [-0.2, 0) is 0 Å². The minimum absolute atomic E-state index is 0.0162. The Labute approximate surface area is 47.2 Å². The monoisotopic (exact) mass is 121 g/mol. The zero-order valence-electron chi connectivity index (χ0n) is 4.96. The molecule has 0 aliphatic heterocycles. The fourth-order valence-corrected chi connectivity index (χ4v) is 0.155. The lowest BCUT2D eigenvalue weighted by Gasteiger charge is -2.11. The van der Waals surface area contributed by atoms with Crippen LogP contribution in [0.1, 0.15) is 20.3 Å². The Bertz CT molecular complexity index is 98.6. The van der Waals surface area contributed by atoms with Gasteiger partial charge in [0, 0.05) is 0 Å². The Morgan fingerprint density at radius 1 is 1.75 bits per heavy atom. The summed E-state index contributed by atoms with van der Waals surface area (Å²) < 4.78 is 24.0. The van der Waals surface area contributed by atoms with E-state index in [9.17, 15) is 8.78 Å². The van der Waals surface area contributed by atoms with Crippen molar-refractivity contribution < 1.29 is 8.78 Å². The van der Waals surface area contributed by atoms with E-state index < -0.39 is 11.6 Å². The summed E-state index contributed by atoms with van der Waals surface area (Å²) in [5.41, 5.74) is -2.04. The van der Waals surface area contributed by atoms with E-state index in [0.29, 0.717) is 0 Å². The Hall–Kier alpha value is -0.470. The van der Waals surface area contributed by atoms with E-state index >= 15 is 0 Å². The Morgan fingerprint density at radius 2 is 2.12 bits per heavy atom. The van der Waals surface area contributed by atoms with Gasteiger partial charge in [-0.3, -0.25) is 5.41 Å². The summed E-state index contributed by atoms with van der Waals surface area (Å²) in [7, 11) is 0. The molecule has 8 heavy (non-hydrogen) atoms. The maximum atomic E-state index is 12.3. The average molecular weight is 121 g/mol. The first-order chi connectivity index (χ1) is 3.50. The molecule has 48 valence electrons. The first-order valence-electron chi connectivity index (χ1n) is 2.44. The largest absolute Gasteiger partial charge is 0.275 e. The van der Waals surface area contributed by atoms with Crippen molar-refractivity contribution in [3.05, 3.63) is 0 Å². The van der Waals surface area contributed by atoms with Crippen LogP contribution < -0.4 is 0 Å². The zero-order valence-corrected chi connectivity index (χ0v) is 4.96. The van der Waals surface area contributed by atoms with Crippen molar-refractivity contribution >= 4 is 5.97 Å². The first kappa shape index (κ1) is 7.53. The summed E-state index contributed by atoms with van der Waals surface area (Å²) in [5, 5.41) is 6.26. The number of hydrogen-bond acceptors (Lipinski definition) is 1. The molecule has 0 fully saturated rings. The Kier molecular flexibility index (Phi) is 2.07. The van der Waals surface area contributed by atoms with Gasteiger partial charge < -0.3 is 0 Å². The minimum atomic E-state index is -2.04. The lowest BCUT2D eigenvalue weighted by molar-refractivity contribution is 0.255. The number of alkyl halides is 1. The van der Waals surface area contributed by atoms with Crippen LogP contribution in [0.15, 0.2) is 0 Å². The quantitative estimate of drug-likeness (QED) is 0.541. The maximum Gasteiger partial charge on any atom is 0.219 e. The van der Waals surface area contributed by atoms with E-state index in [1.165, 1.54) is 6.92 Å². The van der Waals surface area contributed by atoms with Crippen molar-refractivity contribution in [3.8, 4) is 0 Å². The predicted octanol–water partition coefficient (Wildman–Crippen LogP) is 2.07. The summed E-state index contributed by atoms with van der Waals surface area (Å²) in [4.78, 5) is 0. The Morgan fingerprint density at radius 3 is 2.12 bits per heavy atom. The van der Waals surface area contributed by atoms with Crippen molar-refractivity contribution in [2.45, 2.75) is 25.9 Å². The lowest BCUT2D eigenvalue weighted by atomic mass is 10.1. The number of hydrogen-bond donors (Lipinski definition) is 1. The number of nitrogens with one attached hydrogen (secondary N) is 1. The van der Waals surface area contributed by atoms with Crippen LogP contribution >= 0.6 is 0 Å². The fraction of sp³-hybridized carbons (Fsp3) is 0.800. The van der Waals surface area contributed by atoms with Gasteiger partial charge in [-0.1, -0.05) is 6.92 Å². The van der Waals surface area contributed by atoms with Gasteiger partial charge in [0.05, 0.1) is 0 Å². The molecule has 0 aliphatic carbocycles. The molecule has 0 spiro atoms. The third kappa shape index (κ3) is 1.56. The molecule has 0 aromatic heterocycles. The summed E-state index contributed by atoms with van der Waals surface area (Å²) in [6, 6.07) is 0. The third-order valence-electron chi connectivity index (χ3n) is 1.12. The molecule has 0 saturated carbocycles. The van der Waals surface area contributed by atoms with E-state index in [1.54, 1.807) is 0 Å². The number of halogens is 2. The van der Waals surface area contributed by atoms with Crippen molar-refractivity contribution in [2.24, 2.45) is 0 Å². The van der Waals surface area contributed by atoms with E-state index in [-0.39, 0.29) is 6.42 Å². The third-order valence-corrected chi connectivity index (χ3v) is 1.12. The van der Waals surface area contributed by atoms with Gasteiger partial charge >= 0.3 is 0 Å². The van der Waals surface area contributed by atoms with Crippen molar-refractivity contribution in [2.75, 3.05) is 0 Å². The van der Waals surface area contributed by atoms with Crippen LogP contribution in [-0.4, -0.2) is 11.6 Å². The molecule has 0 saturated heterocycles. The molecule has 1 atom stereocenters. The normalized spacial score (nSPS) is 17.5. The maximum absolute atomic E-state index is 12.3. The highest BCUT2D eigenvalue weighted by atomic mass is 19.2. The lowest BCUT2D eigenvalue weighted by Crippen LogP contribution is -2.24. The number of rotatable bonds is 2. The molecule has 1 nitrogen and oxygen atoms in total. The standard InChI is InChI=1S/C5H9F2N/c1-3-5(2,7)4(6)8/h8H,3H2,1-2H3/t5-/m0/s1. The molecule has 0 aromatic carbocycles. The Balaban J connectivity index is 3.91. The zero-order chi connectivity index (χ0) is 6.78. The van der Waals surface area contributed by atoms with Crippen molar-refractivity contribution in [1.82, 2.24) is 0 Å². The van der Waals surface area contributed by atoms with Crippen molar-refractivity contribution in [3.63, 3.8) is 0 Å². The van der Waals surface area contributed by atoms with Crippen LogP contribution in [0, 0.1) is 5.41 Å². The van der Waals surface area contributed by atoms with E-state index in [0.717, 1.165) is 6.92 Å². The minimum Gasteiger partial charge on any atom is -0.275 e. The highest BCUT2D eigenvalue weighted by Crippen LogP contribution is 2.16. The van der Waals surface area contributed by atoms with Crippen LogP contribution in [0.5, 0.6) is 0 Å².